The van der Waals surface area contributed by atoms with E-state index in [1.807, 2.05) is 25.1 Å². The molecule has 1 aliphatic rings. The van der Waals surface area contributed by atoms with E-state index in [9.17, 15) is 15.0 Å². The summed E-state index contributed by atoms with van der Waals surface area (Å²) in [7, 11) is 0. The van der Waals surface area contributed by atoms with Crippen LogP contribution in [0.5, 0.6) is 0 Å². The van der Waals surface area contributed by atoms with E-state index in [2.05, 4.69) is 4.90 Å². The Kier molecular flexibility index (Phi) is 3.69. The van der Waals surface area contributed by atoms with Crippen molar-refractivity contribution in [2.45, 2.75) is 26.0 Å². The molecule has 1 saturated heterocycles. The summed E-state index contributed by atoms with van der Waals surface area (Å²) in [6.45, 7) is 4.01. The molecular formula is C16H19NO4. The van der Waals surface area contributed by atoms with E-state index in [0.717, 1.165) is 30.5 Å². The van der Waals surface area contributed by atoms with Crippen LogP contribution in [0.1, 0.15) is 29.5 Å². The van der Waals surface area contributed by atoms with E-state index in [4.69, 9.17) is 4.42 Å². The number of benzene rings is 1. The van der Waals surface area contributed by atoms with Crippen LogP contribution in [-0.2, 0) is 6.54 Å². The molecule has 2 aromatic rings. The molecule has 0 aliphatic carbocycles. The Morgan fingerprint density at radius 1 is 1.48 bits per heavy atom. The highest BCUT2D eigenvalue weighted by atomic mass is 16.4. The minimum Gasteiger partial charge on any atom is -0.475 e. The molecule has 5 nitrogen and oxygen atoms in total. The topological polar surface area (TPSA) is 73.9 Å². The van der Waals surface area contributed by atoms with Crippen molar-refractivity contribution in [1.29, 1.82) is 0 Å². The average Bonchev–Trinajstić information content (AvgIpc) is 3.05. The summed E-state index contributed by atoms with van der Waals surface area (Å²) in [5, 5.41) is 19.9. The largest absolute Gasteiger partial charge is 0.475 e. The van der Waals surface area contributed by atoms with Crippen molar-refractivity contribution in [2.24, 2.45) is 5.92 Å². The van der Waals surface area contributed by atoms with Gasteiger partial charge in [-0.15, -0.1) is 0 Å². The molecule has 2 N–H and O–H groups in total. The Labute approximate surface area is 122 Å². The predicted octanol–water partition coefficient (Wildman–Crippen LogP) is 2.33. The highest BCUT2D eigenvalue weighted by Gasteiger charge is 2.28. The zero-order chi connectivity index (χ0) is 15.0. The van der Waals surface area contributed by atoms with E-state index in [1.54, 1.807) is 6.07 Å². The van der Waals surface area contributed by atoms with Crippen molar-refractivity contribution in [2.75, 3.05) is 13.1 Å². The van der Waals surface area contributed by atoms with Crippen LogP contribution in [0.15, 0.2) is 28.7 Å². The number of aliphatic hydroxyl groups is 1. The number of para-hydroxylation sites is 1. The van der Waals surface area contributed by atoms with Gasteiger partial charge in [-0.1, -0.05) is 18.2 Å². The molecule has 3 rings (SSSR count). The lowest BCUT2D eigenvalue weighted by atomic mass is 10.0. The smallest absolute Gasteiger partial charge is 0.372 e. The van der Waals surface area contributed by atoms with Crippen LogP contribution in [0.4, 0.5) is 0 Å². The zero-order valence-corrected chi connectivity index (χ0v) is 12.0. The average molecular weight is 289 g/mol. The van der Waals surface area contributed by atoms with Gasteiger partial charge in [-0.3, -0.25) is 4.90 Å². The third-order valence-corrected chi connectivity index (χ3v) is 4.27. The molecule has 1 aromatic heterocycles. The first-order valence-electron chi connectivity index (χ1n) is 7.20. The molecule has 112 valence electrons. The molecule has 0 radical (unpaired) electrons. The number of fused-ring (bicyclic) bond motifs is 1. The van der Waals surface area contributed by atoms with Crippen LogP contribution < -0.4 is 0 Å². The molecule has 5 heteroatoms. The summed E-state index contributed by atoms with van der Waals surface area (Å²) in [6, 6.07) is 7.40. The molecule has 2 atom stereocenters. The lowest BCUT2D eigenvalue weighted by molar-refractivity contribution is 0.0661. The number of rotatable bonds is 4. The Morgan fingerprint density at radius 2 is 2.24 bits per heavy atom. The Balaban J connectivity index is 1.89. The van der Waals surface area contributed by atoms with Gasteiger partial charge in [0, 0.05) is 24.0 Å². The second-order valence-electron chi connectivity index (χ2n) is 5.74. The summed E-state index contributed by atoms with van der Waals surface area (Å²) >= 11 is 0. The van der Waals surface area contributed by atoms with Gasteiger partial charge in [0.2, 0.25) is 5.76 Å². The summed E-state index contributed by atoms with van der Waals surface area (Å²) in [4.78, 5) is 13.6. The molecule has 1 aliphatic heterocycles. The Bertz CT molecular complexity index is 661. The van der Waals surface area contributed by atoms with Gasteiger partial charge in [0.05, 0.1) is 6.10 Å². The molecule has 0 amide bonds. The molecule has 2 heterocycles. The van der Waals surface area contributed by atoms with Crippen molar-refractivity contribution in [3.05, 3.63) is 35.6 Å². The number of carbonyl (C=O) groups is 1. The maximum Gasteiger partial charge on any atom is 0.372 e. The quantitative estimate of drug-likeness (QED) is 0.903. The third-order valence-electron chi connectivity index (χ3n) is 4.27. The number of aliphatic hydroxyl groups excluding tert-OH is 1. The fourth-order valence-electron chi connectivity index (χ4n) is 3.05. The third kappa shape index (κ3) is 2.66. The molecule has 1 fully saturated rings. The van der Waals surface area contributed by atoms with Gasteiger partial charge in [-0.25, -0.2) is 4.79 Å². The highest BCUT2D eigenvalue weighted by Crippen LogP contribution is 2.29. The number of likely N-dealkylation sites (tertiary alicyclic amines) is 1. The SMILES string of the molecule is CC(O)C1CCN(Cc2c(C(=O)O)oc3ccccc23)C1. The number of furan rings is 1. The van der Waals surface area contributed by atoms with Crippen molar-refractivity contribution in [3.63, 3.8) is 0 Å². The Morgan fingerprint density at radius 3 is 2.90 bits per heavy atom. The summed E-state index contributed by atoms with van der Waals surface area (Å²) in [5.74, 6) is -0.749. The number of carboxylic acids is 1. The van der Waals surface area contributed by atoms with E-state index in [1.165, 1.54) is 0 Å². The first-order valence-corrected chi connectivity index (χ1v) is 7.20. The van der Waals surface area contributed by atoms with Crippen molar-refractivity contribution in [1.82, 2.24) is 4.90 Å². The first-order chi connectivity index (χ1) is 10.1. The zero-order valence-electron chi connectivity index (χ0n) is 12.0. The van der Waals surface area contributed by atoms with Crippen molar-refractivity contribution < 1.29 is 19.4 Å². The van der Waals surface area contributed by atoms with Crippen molar-refractivity contribution in [3.8, 4) is 0 Å². The van der Waals surface area contributed by atoms with Crippen LogP contribution in [0.2, 0.25) is 0 Å². The van der Waals surface area contributed by atoms with Gasteiger partial charge in [0.25, 0.3) is 0 Å². The second kappa shape index (κ2) is 5.50. The molecular weight excluding hydrogens is 270 g/mol. The standard InChI is InChI=1S/C16H19NO4/c1-10(18)11-6-7-17(8-11)9-13-12-4-2-3-5-14(12)21-15(13)16(19)20/h2-5,10-11,18H,6-9H2,1H3,(H,19,20). The maximum absolute atomic E-state index is 11.4. The maximum atomic E-state index is 11.4. The van der Waals surface area contributed by atoms with Gasteiger partial charge in [0.1, 0.15) is 5.58 Å². The fraction of sp³-hybridized carbons (Fsp3) is 0.438. The minimum atomic E-state index is -1.03. The molecule has 0 bridgehead atoms. The number of hydrogen-bond donors (Lipinski definition) is 2. The van der Waals surface area contributed by atoms with Crippen LogP contribution in [0.3, 0.4) is 0 Å². The van der Waals surface area contributed by atoms with Crippen LogP contribution in [0, 0.1) is 5.92 Å². The molecule has 2 unspecified atom stereocenters. The second-order valence-corrected chi connectivity index (χ2v) is 5.74. The number of nitrogens with zero attached hydrogens (tertiary/aromatic N) is 1. The van der Waals surface area contributed by atoms with Gasteiger partial charge < -0.3 is 14.6 Å². The summed E-state index contributed by atoms with van der Waals surface area (Å²) in [6.07, 6.45) is 0.616. The van der Waals surface area contributed by atoms with Crippen LogP contribution in [-0.4, -0.2) is 40.3 Å². The lowest BCUT2D eigenvalue weighted by Gasteiger charge is -2.17. The summed E-state index contributed by atoms with van der Waals surface area (Å²) in [5.41, 5.74) is 1.33. The molecule has 21 heavy (non-hydrogen) atoms. The predicted molar refractivity (Wildman–Crippen MR) is 78.2 cm³/mol. The highest BCUT2D eigenvalue weighted by molar-refractivity contribution is 5.95. The van der Waals surface area contributed by atoms with Gasteiger partial charge >= 0.3 is 5.97 Å². The van der Waals surface area contributed by atoms with Crippen molar-refractivity contribution >= 4 is 16.9 Å². The van der Waals surface area contributed by atoms with Gasteiger partial charge in [-0.05, 0) is 31.9 Å². The van der Waals surface area contributed by atoms with Gasteiger partial charge in [0.15, 0.2) is 0 Å². The van der Waals surface area contributed by atoms with E-state index < -0.39 is 5.97 Å². The summed E-state index contributed by atoms with van der Waals surface area (Å²) < 4.78 is 5.47. The van der Waals surface area contributed by atoms with E-state index in [0.29, 0.717) is 12.1 Å². The fourth-order valence-corrected chi connectivity index (χ4v) is 3.05. The van der Waals surface area contributed by atoms with Crippen LogP contribution >= 0.6 is 0 Å². The Hall–Kier alpha value is -1.85. The number of aromatic carboxylic acids is 1. The lowest BCUT2D eigenvalue weighted by Crippen LogP contribution is -2.24. The normalized spacial score (nSPS) is 21.0. The van der Waals surface area contributed by atoms with Gasteiger partial charge in [-0.2, -0.15) is 0 Å². The molecule has 1 aromatic carbocycles. The monoisotopic (exact) mass is 289 g/mol. The molecule has 0 saturated carbocycles. The number of carboxylic acid groups (broad SMARTS) is 1. The first kappa shape index (κ1) is 14.1. The van der Waals surface area contributed by atoms with Crippen LogP contribution in [0.25, 0.3) is 11.0 Å². The number of hydrogen-bond acceptors (Lipinski definition) is 4. The van der Waals surface area contributed by atoms with E-state index in [-0.39, 0.29) is 17.8 Å². The minimum absolute atomic E-state index is 0.0247. The molecule has 0 spiro atoms. The van der Waals surface area contributed by atoms with E-state index >= 15 is 0 Å².